The van der Waals surface area contributed by atoms with Gasteiger partial charge in [0.05, 0.1) is 0 Å². The second kappa shape index (κ2) is 11.8. The van der Waals surface area contributed by atoms with Gasteiger partial charge in [0.2, 0.25) is 0 Å². The molecule has 0 aliphatic heterocycles. The first kappa shape index (κ1) is 28.0. The predicted molar refractivity (Wildman–Crippen MR) is 206 cm³/mol. The minimum atomic E-state index is 1.21. The van der Waals surface area contributed by atoms with E-state index >= 15 is 0 Å². The Hall–Kier alpha value is -6.24. The van der Waals surface area contributed by atoms with Gasteiger partial charge in [-0.3, -0.25) is 0 Å². The Balaban J connectivity index is 1.28. The van der Waals surface area contributed by atoms with Crippen molar-refractivity contribution in [1.82, 2.24) is 0 Å². The van der Waals surface area contributed by atoms with Crippen molar-refractivity contribution in [2.45, 2.75) is 0 Å². The van der Waals surface area contributed by atoms with Gasteiger partial charge in [0.15, 0.2) is 0 Å². The van der Waals surface area contributed by atoms with Crippen LogP contribution in [0.25, 0.3) is 88.0 Å². The molecule has 0 heterocycles. The van der Waals surface area contributed by atoms with Gasteiger partial charge in [-0.15, -0.1) is 0 Å². The summed E-state index contributed by atoms with van der Waals surface area (Å²) in [7, 11) is 0. The standard InChI is InChI=1S/C48H32/c1-3-14-35(15-4-1)41-19-9-10-20-42(41)40-29-30-45-46(32-40)48(36-16-5-2-6-17-36)44-22-12-11-21-43(44)47(45)37-26-23-34(24-27-37)39-28-25-33-13-7-8-18-38(33)31-39/h1-32H. The average molecular weight is 609 g/mol. The van der Waals surface area contributed by atoms with Crippen molar-refractivity contribution in [3.8, 4) is 55.6 Å². The van der Waals surface area contributed by atoms with Crippen molar-refractivity contribution in [3.05, 3.63) is 194 Å². The van der Waals surface area contributed by atoms with Crippen LogP contribution in [0, 0.1) is 0 Å². The molecule has 0 atom stereocenters. The molecule has 0 aromatic heterocycles. The Kier molecular flexibility index (Phi) is 6.91. The molecular weight excluding hydrogens is 577 g/mol. The Morgan fingerprint density at radius 2 is 0.667 bits per heavy atom. The van der Waals surface area contributed by atoms with E-state index in [1.54, 1.807) is 0 Å². The highest BCUT2D eigenvalue weighted by molar-refractivity contribution is 6.22. The van der Waals surface area contributed by atoms with Gasteiger partial charge in [-0.1, -0.05) is 182 Å². The van der Waals surface area contributed by atoms with Crippen LogP contribution < -0.4 is 0 Å². The van der Waals surface area contributed by atoms with Crippen molar-refractivity contribution in [1.29, 1.82) is 0 Å². The van der Waals surface area contributed by atoms with Gasteiger partial charge in [0.25, 0.3) is 0 Å². The molecule has 0 aliphatic rings. The lowest BCUT2D eigenvalue weighted by Gasteiger charge is -2.19. The molecule has 0 saturated carbocycles. The van der Waals surface area contributed by atoms with Crippen molar-refractivity contribution in [2.24, 2.45) is 0 Å². The summed E-state index contributed by atoms with van der Waals surface area (Å²) < 4.78 is 0. The van der Waals surface area contributed by atoms with E-state index in [0.717, 1.165) is 0 Å². The monoisotopic (exact) mass is 608 g/mol. The molecule has 0 saturated heterocycles. The third-order valence-corrected chi connectivity index (χ3v) is 9.67. The maximum atomic E-state index is 2.42. The van der Waals surface area contributed by atoms with Crippen LogP contribution in [0.1, 0.15) is 0 Å². The molecule has 0 N–H and O–H groups in total. The first-order valence-corrected chi connectivity index (χ1v) is 16.6. The molecule has 0 nitrogen and oxygen atoms in total. The second-order valence-corrected chi connectivity index (χ2v) is 12.5. The molecule has 0 bridgehead atoms. The van der Waals surface area contributed by atoms with Gasteiger partial charge >= 0.3 is 0 Å². The van der Waals surface area contributed by atoms with E-state index in [4.69, 9.17) is 0 Å². The molecule has 0 heteroatoms. The summed E-state index contributed by atoms with van der Waals surface area (Å²) in [5.41, 5.74) is 12.4. The molecule has 0 unspecified atom stereocenters. The van der Waals surface area contributed by atoms with E-state index in [1.807, 2.05) is 0 Å². The number of hydrogen-bond acceptors (Lipinski definition) is 0. The summed E-state index contributed by atoms with van der Waals surface area (Å²) in [6.07, 6.45) is 0. The number of fused-ring (bicyclic) bond motifs is 3. The highest BCUT2D eigenvalue weighted by atomic mass is 14.2. The molecule has 0 amide bonds. The zero-order valence-corrected chi connectivity index (χ0v) is 26.5. The van der Waals surface area contributed by atoms with E-state index < -0.39 is 0 Å². The van der Waals surface area contributed by atoms with Crippen molar-refractivity contribution >= 4 is 32.3 Å². The lowest BCUT2D eigenvalue weighted by Crippen LogP contribution is -1.92. The van der Waals surface area contributed by atoms with Crippen molar-refractivity contribution in [3.63, 3.8) is 0 Å². The molecule has 0 fully saturated rings. The average Bonchev–Trinajstić information content (AvgIpc) is 3.17. The number of rotatable bonds is 5. The number of benzene rings is 9. The fraction of sp³-hybridized carbons (Fsp3) is 0. The maximum absolute atomic E-state index is 2.42. The molecule has 9 aromatic carbocycles. The van der Waals surface area contributed by atoms with Crippen molar-refractivity contribution in [2.75, 3.05) is 0 Å². The second-order valence-electron chi connectivity index (χ2n) is 12.5. The summed E-state index contributed by atoms with van der Waals surface area (Å²) in [6.45, 7) is 0. The first-order valence-electron chi connectivity index (χ1n) is 16.6. The third kappa shape index (κ3) is 4.87. The highest BCUT2D eigenvalue weighted by Crippen LogP contribution is 2.45. The lowest BCUT2D eigenvalue weighted by atomic mass is 9.84. The van der Waals surface area contributed by atoms with Crippen molar-refractivity contribution < 1.29 is 0 Å². The van der Waals surface area contributed by atoms with E-state index in [1.165, 1.54) is 88.0 Å². The van der Waals surface area contributed by atoms with Crippen LogP contribution in [0.5, 0.6) is 0 Å². The molecule has 9 rings (SSSR count). The zero-order chi connectivity index (χ0) is 31.9. The Labute approximate surface area is 281 Å². The van der Waals surface area contributed by atoms with E-state index in [-0.39, 0.29) is 0 Å². The molecule has 9 aromatic rings. The fourth-order valence-electron chi connectivity index (χ4n) is 7.38. The van der Waals surface area contributed by atoms with Crippen LogP contribution in [-0.4, -0.2) is 0 Å². The summed E-state index contributed by atoms with van der Waals surface area (Å²) in [4.78, 5) is 0. The maximum Gasteiger partial charge on any atom is -0.00262 e. The minimum absolute atomic E-state index is 1.21. The minimum Gasteiger partial charge on any atom is -0.0622 e. The topological polar surface area (TPSA) is 0 Å². The van der Waals surface area contributed by atoms with Gasteiger partial charge in [-0.25, -0.2) is 0 Å². The van der Waals surface area contributed by atoms with E-state index in [2.05, 4.69) is 194 Å². The predicted octanol–water partition coefficient (Wildman–Crippen LogP) is 13.5. The Bertz CT molecular complexity index is 2580. The summed E-state index contributed by atoms with van der Waals surface area (Å²) in [5, 5.41) is 7.57. The molecule has 0 spiro atoms. The van der Waals surface area contributed by atoms with Crippen LogP contribution in [0.15, 0.2) is 194 Å². The highest BCUT2D eigenvalue weighted by Gasteiger charge is 2.18. The quantitative estimate of drug-likeness (QED) is 0.171. The SMILES string of the molecule is c1ccc(-c2ccccc2-c2ccc3c(-c4ccc(-c5ccc6ccccc6c5)cc4)c4ccccc4c(-c4ccccc4)c3c2)cc1. The van der Waals surface area contributed by atoms with Gasteiger partial charge in [-0.2, -0.15) is 0 Å². The van der Waals surface area contributed by atoms with Gasteiger partial charge in [0.1, 0.15) is 0 Å². The van der Waals surface area contributed by atoms with Crippen LogP contribution >= 0.6 is 0 Å². The van der Waals surface area contributed by atoms with Crippen LogP contribution in [-0.2, 0) is 0 Å². The first-order chi connectivity index (χ1) is 23.8. The van der Waals surface area contributed by atoms with Crippen LogP contribution in [0.4, 0.5) is 0 Å². The summed E-state index contributed by atoms with van der Waals surface area (Å²) in [6, 6.07) is 70.7. The van der Waals surface area contributed by atoms with E-state index in [0.29, 0.717) is 0 Å². The smallest absolute Gasteiger partial charge is 0.00262 e. The number of hydrogen-bond donors (Lipinski definition) is 0. The molecule has 224 valence electrons. The van der Waals surface area contributed by atoms with Gasteiger partial charge < -0.3 is 0 Å². The van der Waals surface area contributed by atoms with Gasteiger partial charge in [-0.05, 0) is 100 Å². The molecule has 0 radical (unpaired) electrons. The Morgan fingerprint density at radius 3 is 1.38 bits per heavy atom. The largest absolute Gasteiger partial charge is 0.0622 e. The third-order valence-electron chi connectivity index (χ3n) is 9.67. The molecule has 0 aliphatic carbocycles. The zero-order valence-electron chi connectivity index (χ0n) is 26.5. The molecule has 48 heavy (non-hydrogen) atoms. The summed E-state index contributed by atoms with van der Waals surface area (Å²) >= 11 is 0. The van der Waals surface area contributed by atoms with Crippen LogP contribution in [0.2, 0.25) is 0 Å². The lowest BCUT2D eigenvalue weighted by molar-refractivity contribution is 1.59. The fourth-order valence-corrected chi connectivity index (χ4v) is 7.38. The normalized spacial score (nSPS) is 11.3. The van der Waals surface area contributed by atoms with E-state index in [9.17, 15) is 0 Å². The molecular formula is C48H32. The summed E-state index contributed by atoms with van der Waals surface area (Å²) in [5.74, 6) is 0. The van der Waals surface area contributed by atoms with Crippen LogP contribution in [0.3, 0.4) is 0 Å². The van der Waals surface area contributed by atoms with Gasteiger partial charge in [0, 0.05) is 0 Å². The Morgan fingerprint density at radius 1 is 0.208 bits per heavy atom.